The predicted octanol–water partition coefficient (Wildman–Crippen LogP) is 2.35. The molecule has 1 aliphatic heterocycles. The average Bonchev–Trinajstić information content (AvgIpc) is 2.93. The SMILES string of the molecule is Cc1csc(NC(=O)CN2CCN(c3ccccc3F)CC2)n1. The summed E-state index contributed by atoms with van der Waals surface area (Å²) in [6, 6.07) is 6.81. The largest absolute Gasteiger partial charge is 0.367 e. The Labute approximate surface area is 138 Å². The molecule has 3 rings (SSSR count). The van der Waals surface area contributed by atoms with E-state index in [1.165, 1.54) is 17.4 Å². The summed E-state index contributed by atoms with van der Waals surface area (Å²) in [5.41, 5.74) is 1.54. The highest BCUT2D eigenvalue weighted by molar-refractivity contribution is 7.13. The zero-order chi connectivity index (χ0) is 16.2. The molecule has 1 aliphatic rings. The third-order valence-electron chi connectivity index (χ3n) is 3.80. The van der Waals surface area contributed by atoms with Gasteiger partial charge in [0, 0.05) is 31.6 Å². The monoisotopic (exact) mass is 334 g/mol. The quantitative estimate of drug-likeness (QED) is 0.932. The van der Waals surface area contributed by atoms with Crippen molar-refractivity contribution >= 4 is 28.1 Å². The number of aryl methyl sites for hydroxylation is 1. The average molecular weight is 334 g/mol. The van der Waals surface area contributed by atoms with Crippen molar-refractivity contribution in [3.05, 3.63) is 41.2 Å². The van der Waals surface area contributed by atoms with E-state index in [-0.39, 0.29) is 11.7 Å². The van der Waals surface area contributed by atoms with Crippen LogP contribution in [-0.2, 0) is 4.79 Å². The number of nitrogens with one attached hydrogen (secondary N) is 1. The zero-order valence-electron chi connectivity index (χ0n) is 13.0. The number of hydrogen-bond donors (Lipinski definition) is 1. The number of piperazine rings is 1. The third kappa shape index (κ3) is 4.05. The highest BCUT2D eigenvalue weighted by Crippen LogP contribution is 2.20. The first-order chi connectivity index (χ1) is 11.1. The Hall–Kier alpha value is -1.99. The molecular formula is C16H19FN4OS. The number of carbonyl (C=O) groups is 1. The Morgan fingerprint density at radius 3 is 2.70 bits per heavy atom. The van der Waals surface area contributed by atoms with Crippen LogP contribution in [0, 0.1) is 12.7 Å². The number of benzene rings is 1. The maximum absolute atomic E-state index is 13.8. The Kier molecular flexibility index (Phi) is 4.88. The second kappa shape index (κ2) is 7.06. The molecule has 1 saturated heterocycles. The molecule has 0 spiro atoms. The Bertz CT molecular complexity index is 682. The molecule has 1 aromatic carbocycles. The second-order valence-corrected chi connectivity index (χ2v) is 6.41. The molecule has 5 nitrogen and oxygen atoms in total. The van der Waals surface area contributed by atoms with Gasteiger partial charge in [0.2, 0.25) is 5.91 Å². The van der Waals surface area contributed by atoms with Gasteiger partial charge in [-0.05, 0) is 19.1 Å². The Morgan fingerprint density at radius 1 is 1.30 bits per heavy atom. The Morgan fingerprint density at radius 2 is 2.04 bits per heavy atom. The molecule has 0 unspecified atom stereocenters. The van der Waals surface area contributed by atoms with Gasteiger partial charge in [-0.1, -0.05) is 12.1 Å². The number of amides is 1. The van der Waals surface area contributed by atoms with Crippen molar-refractivity contribution in [2.45, 2.75) is 6.92 Å². The van der Waals surface area contributed by atoms with Crippen LogP contribution in [0.25, 0.3) is 0 Å². The van der Waals surface area contributed by atoms with Crippen LogP contribution in [-0.4, -0.2) is 48.5 Å². The first kappa shape index (κ1) is 15.9. The van der Waals surface area contributed by atoms with Crippen LogP contribution in [0.4, 0.5) is 15.2 Å². The van der Waals surface area contributed by atoms with Crippen molar-refractivity contribution in [2.75, 3.05) is 42.9 Å². The molecule has 0 saturated carbocycles. The number of thiazole rings is 1. The fourth-order valence-corrected chi connectivity index (χ4v) is 3.33. The van der Waals surface area contributed by atoms with Crippen molar-refractivity contribution in [2.24, 2.45) is 0 Å². The number of anilines is 2. The molecule has 23 heavy (non-hydrogen) atoms. The zero-order valence-corrected chi connectivity index (χ0v) is 13.8. The van der Waals surface area contributed by atoms with Gasteiger partial charge in [0.25, 0.3) is 0 Å². The molecule has 2 aromatic rings. The number of halogens is 1. The fourth-order valence-electron chi connectivity index (χ4n) is 2.63. The van der Waals surface area contributed by atoms with Gasteiger partial charge in [-0.2, -0.15) is 0 Å². The van der Waals surface area contributed by atoms with Crippen molar-refractivity contribution in [1.82, 2.24) is 9.88 Å². The van der Waals surface area contributed by atoms with Gasteiger partial charge in [0.1, 0.15) is 5.82 Å². The van der Waals surface area contributed by atoms with E-state index in [1.54, 1.807) is 12.1 Å². The molecule has 7 heteroatoms. The van der Waals surface area contributed by atoms with Crippen LogP contribution in [0.2, 0.25) is 0 Å². The summed E-state index contributed by atoms with van der Waals surface area (Å²) in [5, 5.41) is 5.36. The maximum atomic E-state index is 13.8. The molecule has 1 aromatic heterocycles. The summed E-state index contributed by atoms with van der Waals surface area (Å²) in [6.07, 6.45) is 0. The van der Waals surface area contributed by atoms with Crippen LogP contribution in [0.5, 0.6) is 0 Å². The number of rotatable bonds is 4. The molecule has 1 amide bonds. The molecule has 122 valence electrons. The van der Waals surface area contributed by atoms with Crippen LogP contribution < -0.4 is 10.2 Å². The lowest BCUT2D eigenvalue weighted by Crippen LogP contribution is -2.48. The van der Waals surface area contributed by atoms with E-state index in [1.807, 2.05) is 23.3 Å². The lowest BCUT2D eigenvalue weighted by atomic mass is 10.2. The summed E-state index contributed by atoms with van der Waals surface area (Å²) in [4.78, 5) is 20.4. The standard InChI is InChI=1S/C16H19FN4OS/c1-12-11-23-16(18-12)19-15(22)10-20-6-8-21(9-7-20)14-5-3-2-4-13(14)17/h2-5,11H,6-10H2,1H3,(H,18,19,22). The van der Waals surface area contributed by atoms with Gasteiger partial charge < -0.3 is 10.2 Å². The van der Waals surface area contributed by atoms with Gasteiger partial charge in [0.15, 0.2) is 5.13 Å². The summed E-state index contributed by atoms with van der Waals surface area (Å²) >= 11 is 1.43. The van der Waals surface area contributed by atoms with Crippen molar-refractivity contribution < 1.29 is 9.18 Å². The number of para-hydroxylation sites is 1. The van der Waals surface area contributed by atoms with E-state index in [9.17, 15) is 9.18 Å². The molecular weight excluding hydrogens is 315 g/mol. The first-order valence-electron chi connectivity index (χ1n) is 7.55. The van der Waals surface area contributed by atoms with Crippen molar-refractivity contribution in [3.8, 4) is 0 Å². The maximum Gasteiger partial charge on any atom is 0.240 e. The lowest BCUT2D eigenvalue weighted by Gasteiger charge is -2.35. The van der Waals surface area contributed by atoms with E-state index in [0.29, 0.717) is 30.5 Å². The molecule has 0 atom stereocenters. The number of carbonyl (C=O) groups excluding carboxylic acids is 1. The summed E-state index contributed by atoms with van der Waals surface area (Å²) < 4.78 is 13.8. The topological polar surface area (TPSA) is 48.5 Å². The minimum Gasteiger partial charge on any atom is -0.367 e. The van der Waals surface area contributed by atoms with E-state index in [2.05, 4.69) is 15.2 Å². The smallest absolute Gasteiger partial charge is 0.240 e. The van der Waals surface area contributed by atoms with Gasteiger partial charge >= 0.3 is 0 Å². The summed E-state index contributed by atoms with van der Waals surface area (Å²) in [6.45, 7) is 5.13. The highest BCUT2D eigenvalue weighted by Gasteiger charge is 2.21. The second-order valence-electron chi connectivity index (χ2n) is 5.56. The predicted molar refractivity (Wildman–Crippen MR) is 90.5 cm³/mol. The fraction of sp³-hybridized carbons (Fsp3) is 0.375. The van der Waals surface area contributed by atoms with Crippen molar-refractivity contribution in [3.63, 3.8) is 0 Å². The van der Waals surface area contributed by atoms with Crippen LogP contribution in [0.15, 0.2) is 29.6 Å². The van der Waals surface area contributed by atoms with Crippen LogP contribution >= 0.6 is 11.3 Å². The van der Waals surface area contributed by atoms with Gasteiger partial charge in [0.05, 0.1) is 17.9 Å². The van der Waals surface area contributed by atoms with E-state index >= 15 is 0 Å². The minimum absolute atomic E-state index is 0.0568. The van der Waals surface area contributed by atoms with E-state index in [4.69, 9.17) is 0 Å². The van der Waals surface area contributed by atoms with Crippen LogP contribution in [0.1, 0.15) is 5.69 Å². The Balaban J connectivity index is 1.49. The van der Waals surface area contributed by atoms with E-state index < -0.39 is 0 Å². The molecule has 0 radical (unpaired) electrons. The molecule has 0 aliphatic carbocycles. The van der Waals surface area contributed by atoms with Crippen molar-refractivity contribution in [1.29, 1.82) is 0 Å². The van der Waals surface area contributed by atoms with Gasteiger partial charge in [-0.3, -0.25) is 9.69 Å². The number of hydrogen-bond acceptors (Lipinski definition) is 5. The number of aromatic nitrogens is 1. The molecule has 1 N–H and O–H groups in total. The molecule has 0 bridgehead atoms. The van der Waals surface area contributed by atoms with Gasteiger partial charge in [-0.15, -0.1) is 11.3 Å². The normalized spacial score (nSPS) is 15.7. The van der Waals surface area contributed by atoms with E-state index in [0.717, 1.165) is 18.8 Å². The molecule has 2 heterocycles. The minimum atomic E-state index is -0.196. The van der Waals surface area contributed by atoms with Gasteiger partial charge in [-0.25, -0.2) is 9.37 Å². The lowest BCUT2D eigenvalue weighted by molar-refractivity contribution is -0.117. The summed E-state index contributed by atoms with van der Waals surface area (Å²) in [7, 11) is 0. The van der Waals surface area contributed by atoms with Crippen LogP contribution in [0.3, 0.4) is 0 Å². The summed E-state index contributed by atoms with van der Waals surface area (Å²) in [5.74, 6) is -0.253. The highest BCUT2D eigenvalue weighted by atomic mass is 32.1. The third-order valence-corrected chi connectivity index (χ3v) is 4.67. The number of nitrogens with zero attached hydrogens (tertiary/aromatic N) is 3. The first-order valence-corrected chi connectivity index (χ1v) is 8.43. The molecule has 1 fully saturated rings.